The zero-order chi connectivity index (χ0) is 29.9. The van der Waals surface area contributed by atoms with E-state index in [2.05, 4.69) is 28.7 Å². The van der Waals surface area contributed by atoms with Crippen LogP contribution in [0.15, 0.2) is 36.7 Å². The number of ether oxygens (including phenoxy) is 2. The van der Waals surface area contributed by atoms with Crippen LogP contribution in [0, 0.1) is 25.1 Å². The molecule has 0 radical (unpaired) electrons. The van der Waals surface area contributed by atoms with Gasteiger partial charge in [-0.3, -0.25) is 4.98 Å². The first-order valence-corrected chi connectivity index (χ1v) is 14.1. The molecule has 2 aromatic heterocycles. The highest BCUT2D eigenvalue weighted by Crippen LogP contribution is 2.44. The highest BCUT2D eigenvalue weighted by Gasteiger charge is 2.36. The van der Waals surface area contributed by atoms with Gasteiger partial charge in [-0.2, -0.15) is 0 Å². The fourth-order valence-corrected chi connectivity index (χ4v) is 5.19. The molecule has 3 aromatic rings. The number of pyridine rings is 1. The third-order valence-electron chi connectivity index (χ3n) is 7.42. The van der Waals surface area contributed by atoms with Gasteiger partial charge in [-0.05, 0) is 70.6 Å². The second-order valence-corrected chi connectivity index (χ2v) is 12.5. The number of anilines is 1. The maximum atomic E-state index is 13.2. The molecule has 0 amide bonds. The quantitative estimate of drug-likeness (QED) is 0.315. The molecule has 1 aromatic carbocycles. The second kappa shape index (κ2) is 12.1. The summed E-state index contributed by atoms with van der Waals surface area (Å²) >= 11 is 0. The molecule has 1 aliphatic heterocycles. The molecule has 0 aliphatic carbocycles. The summed E-state index contributed by atoms with van der Waals surface area (Å²) in [6.07, 6.45) is 4.74. The van der Waals surface area contributed by atoms with E-state index in [0.717, 1.165) is 54.0 Å². The number of aryl methyl sites for hydroxylation is 2. The number of halogens is 1. The highest BCUT2D eigenvalue weighted by atomic mass is 19.1. The van der Waals surface area contributed by atoms with Crippen LogP contribution in [0.2, 0.25) is 0 Å². The van der Waals surface area contributed by atoms with E-state index in [4.69, 9.17) is 14.5 Å². The van der Waals surface area contributed by atoms with Crippen molar-refractivity contribution in [1.29, 1.82) is 0 Å². The van der Waals surface area contributed by atoms with Crippen LogP contribution in [0.3, 0.4) is 0 Å². The van der Waals surface area contributed by atoms with Gasteiger partial charge >= 0.3 is 12.0 Å². The van der Waals surface area contributed by atoms with Gasteiger partial charge in [0.1, 0.15) is 5.82 Å². The summed E-state index contributed by atoms with van der Waals surface area (Å²) in [6.45, 7) is 15.8. The number of benzene rings is 1. The number of aliphatic carboxylic acids is 1. The van der Waals surface area contributed by atoms with Crippen molar-refractivity contribution in [3.63, 3.8) is 0 Å². The summed E-state index contributed by atoms with van der Waals surface area (Å²) in [4.78, 5) is 28.6. The normalized spacial score (nSPS) is 16.0. The zero-order valence-corrected chi connectivity index (χ0v) is 25.1. The topological polar surface area (TPSA) is 97.7 Å². The van der Waals surface area contributed by atoms with Crippen LogP contribution in [0.5, 0.6) is 6.01 Å². The van der Waals surface area contributed by atoms with Gasteiger partial charge in [0.25, 0.3) is 0 Å². The lowest BCUT2D eigenvalue weighted by Crippen LogP contribution is -2.39. The summed E-state index contributed by atoms with van der Waals surface area (Å²) in [6, 6.07) is 6.54. The molecule has 1 fully saturated rings. The first kappa shape index (κ1) is 30.4. The SMILES string of the molecule is Cc1nc(C)c([C@H](OC(C)(C)C)C(=O)O)c(N2CCC(C)(C)CC2)c1-c1cnc(OCCc2ccc(F)cc2)nc1. The average Bonchev–Trinajstić information content (AvgIpc) is 2.88. The molecule has 4 rings (SSSR count). The molecular weight excluding hydrogens is 523 g/mol. The molecule has 220 valence electrons. The Kier molecular flexibility index (Phi) is 8.97. The van der Waals surface area contributed by atoms with Gasteiger partial charge in [0, 0.05) is 60.0 Å². The molecule has 1 N–H and O–H groups in total. The van der Waals surface area contributed by atoms with Crippen LogP contribution >= 0.6 is 0 Å². The molecule has 3 heterocycles. The number of aromatic nitrogens is 3. The number of hydrogen-bond acceptors (Lipinski definition) is 7. The van der Waals surface area contributed by atoms with Crippen LogP contribution in [0.25, 0.3) is 11.1 Å². The van der Waals surface area contributed by atoms with Crippen molar-refractivity contribution >= 4 is 11.7 Å². The average molecular weight is 565 g/mol. The van der Waals surface area contributed by atoms with E-state index < -0.39 is 17.7 Å². The van der Waals surface area contributed by atoms with Crippen molar-refractivity contribution in [1.82, 2.24) is 15.0 Å². The highest BCUT2D eigenvalue weighted by molar-refractivity contribution is 5.87. The summed E-state index contributed by atoms with van der Waals surface area (Å²) < 4.78 is 25.1. The molecular formula is C32H41FN4O4. The summed E-state index contributed by atoms with van der Waals surface area (Å²) in [5.41, 5.74) is 4.77. The van der Waals surface area contributed by atoms with E-state index in [1.54, 1.807) is 24.5 Å². The Morgan fingerprint density at radius 3 is 2.24 bits per heavy atom. The molecule has 9 heteroatoms. The van der Waals surface area contributed by atoms with E-state index in [1.165, 1.54) is 12.1 Å². The van der Waals surface area contributed by atoms with Gasteiger partial charge in [-0.1, -0.05) is 26.0 Å². The van der Waals surface area contributed by atoms with Crippen molar-refractivity contribution in [2.75, 3.05) is 24.6 Å². The Morgan fingerprint density at radius 1 is 1.07 bits per heavy atom. The lowest BCUT2D eigenvalue weighted by molar-refractivity contribution is -0.160. The van der Waals surface area contributed by atoms with Crippen molar-refractivity contribution in [3.05, 3.63) is 65.0 Å². The number of carboxylic acid groups (broad SMARTS) is 1. The van der Waals surface area contributed by atoms with E-state index in [9.17, 15) is 14.3 Å². The Balaban J connectivity index is 1.71. The second-order valence-electron chi connectivity index (χ2n) is 12.5. The summed E-state index contributed by atoms with van der Waals surface area (Å²) in [7, 11) is 0. The Hall–Kier alpha value is -3.59. The summed E-state index contributed by atoms with van der Waals surface area (Å²) in [5.74, 6) is -1.33. The number of nitrogens with zero attached hydrogens (tertiary/aromatic N) is 4. The number of carbonyl (C=O) groups is 1. The van der Waals surface area contributed by atoms with Gasteiger partial charge in [0.2, 0.25) is 0 Å². The molecule has 0 saturated carbocycles. The fourth-order valence-electron chi connectivity index (χ4n) is 5.19. The lowest BCUT2D eigenvalue weighted by Gasteiger charge is -2.41. The fraction of sp³-hybridized carbons (Fsp3) is 0.500. The summed E-state index contributed by atoms with van der Waals surface area (Å²) in [5, 5.41) is 10.3. The first-order valence-electron chi connectivity index (χ1n) is 14.1. The minimum Gasteiger partial charge on any atom is -0.479 e. The lowest BCUT2D eigenvalue weighted by atomic mass is 9.82. The Labute approximate surface area is 242 Å². The van der Waals surface area contributed by atoms with E-state index in [-0.39, 0.29) is 17.2 Å². The van der Waals surface area contributed by atoms with Crippen molar-refractivity contribution in [2.45, 2.75) is 79.4 Å². The minimum absolute atomic E-state index is 0.206. The third kappa shape index (κ3) is 7.58. The minimum atomic E-state index is -1.19. The van der Waals surface area contributed by atoms with Crippen molar-refractivity contribution in [3.8, 4) is 17.1 Å². The van der Waals surface area contributed by atoms with Crippen LogP contribution < -0.4 is 9.64 Å². The van der Waals surface area contributed by atoms with Crippen LogP contribution in [0.1, 0.15) is 76.1 Å². The molecule has 1 aliphatic rings. The number of piperidine rings is 1. The molecule has 1 saturated heterocycles. The molecule has 0 bridgehead atoms. The Bertz CT molecular complexity index is 1360. The number of rotatable bonds is 9. The van der Waals surface area contributed by atoms with Crippen LogP contribution in [-0.2, 0) is 16.0 Å². The van der Waals surface area contributed by atoms with Crippen LogP contribution in [0.4, 0.5) is 10.1 Å². The molecule has 0 spiro atoms. The monoisotopic (exact) mass is 564 g/mol. The van der Waals surface area contributed by atoms with Gasteiger partial charge in [-0.25, -0.2) is 19.2 Å². The number of hydrogen-bond donors (Lipinski definition) is 1. The largest absolute Gasteiger partial charge is 0.479 e. The third-order valence-corrected chi connectivity index (χ3v) is 7.42. The predicted octanol–water partition coefficient (Wildman–Crippen LogP) is 6.48. The van der Waals surface area contributed by atoms with E-state index in [0.29, 0.717) is 24.3 Å². The standard InChI is InChI=1S/C32H41FN4O4/c1-20-25(23-18-34-30(35-19-23)40-17-12-22-8-10-24(33)11-9-22)27(37-15-13-32(6,7)14-16-37)26(21(2)36-20)28(29(38)39)41-31(3,4)5/h8-11,18-19,28H,12-17H2,1-7H3,(H,38,39)/t28-/m0/s1. The smallest absolute Gasteiger partial charge is 0.337 e. The van der Waals surface area contributed by atoms with E-state index >= 15 is 0 Å². The maximum absolute atomic E-state index is 13.2. The van der Waals surface area contributed by atoms with Gasteiger partial charge < -0.3 is 19.5 Å². The van der Waals surface area contributed by atoms with Crippen molar-refractivity contribution < 1.29 is 23.8 Å². The zero-order valence-electron chi connectivity index (χ0n) is 25.1. The van der Waals surface area contributed by atoms with E-state index in [1.807, 2.05) is 34.6 Å². The van der Waals surface area contributed by atoms with Crippen LogP contribution in [-0.4, -0.2) is 51.3 Å². The maximum Gasteiger partial charge on any atom is 0.337 e. The predicted molar refractivity (Wildman–Crippen MR) is 157 cm³/mol. The van der Waals surface area contributed by atoms with Gasteiger partial charge in [0.05, 0.1) is 17.9 Å². The van der Waals surface area contributed by atoms with Gasteiger partial charge in [0.15, 0.2) is 6.10 Å². The molecule has 41 heavy (non-hydrogen) atoms. The molecule has 1 atom stereocenters. The Morgan fingerprint density at radius 2 is 1.68 bits per heavy atom. The number of carboxylic acids is 1. The van der Waals surface area contributed by atoms with Crippen molar-refractivity contribution in [2.24, 2.45) is 5.41 Å². The first-order chi connectivity index (χ1) is 19.2. The molecule has 8 nitrogen and oxygen atoms in total. The van der Waals surface area contributed by atoms with Gasteiger partial charge in [-0.15, -0.1) is 0 Å². The molecule has 0 unspecified atom stereocenters.